The van der Waals surface area contributed by atoms with Crippen molar-refractivity contribution in [2.24, 2.45) is 7.05 Å². The number of methoxy groups -OCH3 is 1. The maximum absolute atomic E-state index is 12.7. The van der Waals surface area contributed by atoms with Crippen LogP contribution in [0.2, 0.25) is 0 Å². The lowest BCUT2D eigenvalue weighted by molar-refractivity contribution is 0.101. The number of amides is 2. The highest BCUT2D eigenvalue weighted by molar-refractivity contribution is 6.06. The van der Waals surface area contributed by atoms with E-state index in [2.05, 4.69) is 22.7 Å². The SMILES string of the molecule is CCCc1cc(C(=O)Nc2ccc(OC)c(NC(=O)c3ccccc3)c2)n(C)n1. The fourth-order valence-electron chi connectivity index (χ4n) is 2.98. The Morgan fingerprint density at radius 3 is 2.48 bits per heavy atom. The van der Waals surface area contributed by atoms with Crippen molar-refractivity contribution < 1.29 is 14.3 Å². The normalized spacial score (nSPS) is 10.4. The van der Waals surface area contributed by atoms with Crippen molar-refractivity contribution in [3.8, 4) is 5.75 Å². The molecule has 3 rings (SSSR count). The first kappa shape index (κ1) is 20.1. The van der Waals surface area contributed by atoms with E-state index in [-0.39, 0.29) is 11.8 Å². The number of hydrogen-bond donors (Lipinski definition) is 2. The lowest BCUT2D eigenvalue weighted by Crippen LogP contribution is -2.17. The molecule has 2 amide bonds. The number of nitrogens with one attached hydrogen (secondary N) is 2. The third-order valence-electron chi connectivity index (χ3n) is 4.41. The minimum absolute atomic E-state index is 0.261. The topological polar surface area (TPSA) is 85.3 Å². The standard InChI is InChI=1S/C22H24N4O3/c1-4-8-17-14-19(26(2)25-17)22(28)23-16-11-12-20(29-3)18(13-16)24-21(27)15-9-6-5-7-10-15/h5-7,9-14H,4,8H2,1-3H3,(H,23,28)(H,24,27). The average Bonchev–Trinajstić information content (AvgIpc) is 3.09. The maximum atomic E-state index is 12.7. The highest BCUT2D eigenvalue weighted by Crippen LogP contribution is 2.28. The van der Waals surface area contributed by atoms with E-state index in [1.54, 1.807) is 60.3 Å². The second kappa shape index (κ2) is 9.05. The fourth-order valence-corrected chi connectivity index (χ4v) is 2.98. The van der Waals surface area contributed by atoms with Gasteiger partial charge in [-0.2, -0.15) is 5.10 Å². The Morgan fingerprint density at radius 1 is 1.03 bits per heavy atom. The zero-order valence-corrected chi connectivity index (χ0v) is 16.7. The minimum atomic E-state index is -0.271. The van der Waals surface area contributed by atoms with E-state index in [1.165, 1.54) is 7.11 Å². The van der Waals surface area contributed by atoms with Gasteiger partial charge in [-0.05, 0) is 42.8 Å². The summed E-state index contributed by atoms with van der Waals surface area (Å²) in [6.07, 6.45) is 1.78. The van der Waals surface area contributed by atoms with E-state index in [9.17, 15) is 9.59 Å². The fraction of sp³-hybridized carbons (Fsp3) is 0.227. The molecule has 150 valence electrons. The number of carbonyl (C=O) groups is 2. The van der Waals surface area contributed by atoms with Crippen LogP contribution in [0.15, 0.2) is 54.6 Å². The molecule has 1 aromatic heterocycles. The Labute approximate surface area is 169 Å². The third-order valence-corrected chi connectivity index (χ3v) is 4.41. The number of hydrogen-bond acceptors (Lipinski definition) is 4. The zero-order valence-electron chi connectivity index (χ0n) is 16.7. The van der Waals surface area contributed by atoms with Gasteiger partial charge in [0.25, 0.3) is 11.8 Å². The van der Waals surface area contributed by atoms with Crippen LogP contribution >= 0.6 is 0 Å². The molecular formula is C22H24N4O3. The number of rotatable bonds is 7. The average molecular weight is 392 g/mol. The van der Waals surface area contributed by atoms with E-state index in [4.69, 9.17) is 4.74 Å². The van der Waals surface area contributed by atoms with E-state index < -0.39 is 0 Å². The van der Waals surface area contributed by atoms with Gasteiger partial charge in [0.2, 0.25) is 0 Å². The molecule has 0 aliphatic rings. The molecule has 3 aromatic rings. The summed E-state index contributed by atoms with van der Waals surface area (Å²) < 4.78 is 6.91. The summed E-state index contributed by atoms with van der Waals surface area (Å²) in [5.74, 6) is -0.0332. The van der Waals surface area contributed by atoms with Gasteiger partial charge in [0.05, 0.1) is 18.5 Å². The first-order chi connectivity index (χ1) is 14.0. The molecule has 29 heavy (non-hydrogen) atoms. The molecule has 0 bridgehead atoms. The highest BCUT2D eigenvalue weighted by atomic mass is 16.5. The third kappa shape index (κ3) is 4.82. The summed E-state index contributed by atoms with van der Waals surface area (Å²) in [5, 5.41) is 10.0. The molecule has 0 saturated carbocycles. The molecule has 2 aromatic carbocycles. The molecule has 7 heteroatoms. The quantitative estimate of drug-likeness (QED) is 0.639. The van der Waals surface area contributed by atoms with Crippen molar-refractivity contribution in [1.82, 2.24) is 9.78 Å². The van der Waals surface area contributed by atoms with Gasteiger partial charge in [-0.15, -0.1) is 0 Å². The molecule has 0 saturated heterocycles. The summed E-state index contributed by atoms with van der Waals surface area (Å²) in [7, 11) is 3.27. The summed E-state index contributed by atoms with van der Waals surface area (Å²) >= 11 is 0. The highest BCUT2D eigenvalue weighted by Gasteiger charge is 2.15. The molecule has 0 aliphatic carbocycles. The van der Waals surface area contributed by atoms with Gasteiger partial charge < -0.3 is 15.4 Å². The molecule has 0 spiro atoms. The molecule has 7 nitrogen and oxygen atoms in total. The molecular weight excluding hydrogens is 368 g/mol. The Hall–Kier alpha value is -3.61. The Morgan fingerprint density at radius 2 is 1.79 bits per heavy atom. The molecule has 0 unspecified atom stereocenters. The van der Waals surface area contributed by atoms with Crippen molar-refractivity contribution in [3.63, 3.8) is 0 Å². The number of nitrogens with zero attached hydrogens (tertiary/aromatic N) is 2. The number of anilines is 2. The van der Waals surface area contributed by atoms with Crippen LogP contribution in [0.5, 0.6) is 5.75 Å². The van der Waals surface area contributed by atoms with Crippen LogP contribution in [0.25, 0.3) is 0 Å². The van der Waals surface area contributed by atoms with Crippen molar-refractivity contribution in [3.05, 3.63) is 71.5 Å². The molecule has 0 radical (unpaired) electrons. The second-order valence-electron chi connectivity index (χ2n) is 6.58. The Bertz CT molecular complexity index is 1010. The number of ether oxygens (including phenoxy) is 1. The molecule has 1 heterocycles. The van der Waals surface area contributed by atoms with E-state index in [0.717, 1.165) is 18.5 Å². The summed E-state index contributed by atoms with van der Waals surface area (Å²) in [6, 6.07) is 15.8. The van der Waals surface area contributed by atoms with Gasteiger partial charge in [0.1, 0.15) is 11.4 Å². The van der Waals surface area contributed by atoms with Gasteiger partial charge in [-0.1, -0.05) is 31.5 Å². The first-order valence-corrected chi connectivity index (χ1v) is 9.40. The van der Waals surface area contributed by atoms with Crippen LogP contribution in [0.1, 0.15) is 39.9 Å². The van der Waals surface area contributed by atoms with Crippen molar-refractivity contribution in [1.29, 1.82) is 0 Å². The first-order valence-electron chi connectivity index (χ1n) is 9.40. The Balaban J connectivity index is 1.79. The van der Waals surface area contributed by atoms with Crippen LogP contribution in [0.4, 0.5) is 11.4 Å². The van der Waals surface area contributed by atoms with Crippen LogP contribution in [0.3, 0.4) is 0 Å². The van der Waals surface area contributed by atoms with Gasteiger partial charge in [-0.3, -0.25) is 14.3 Å². The maximum Gasteiger partial charge on any atom is 0.273 e. The molecule has 2 N–H and O–H groups in total. The number of aromatic nitrogens is 2. The predicted molar refractivity (Wildman–Crippen MR) is 113 cm³/mol. The van der Waals surface area contributed by atoms with Crippen molar-refractivity contribution in [2.45, 2.75) is 19.8 Å². The Kier molecular flexibility index (Phi) is 6.29. The number of aryl methyl sites for hydroxylation is 2. The smallest absolute Gasteiger partial charge is 0.273 e. The van der Waals surface area contributed by atoms with Crippen molar-refractivity contribution >= 4 is 23.2 Å². The predicted octanol–water partition coefficient (Wildman–Crippen LogP) is 3.89. The largest absolute Gasteiger partial charge is 0.495 e. The lowest BCUT2D eigenvalue weighted by atomic mass is 10.2. The second-order valence-corrected chi connectivity index (χ2v) is 6.58. The van der Waals surface area contributed by atoms with Crippen LogP contribution < -0.4 is 15.4 Å². The van der Waals surface area contributed by atoms with Crippen molar-refractivity contribution in [2.75, 3.05) is 17.7 Å². The van der Waals surface area contributed by atoms with Crippen LogP contribution in [-0.2, 0) is 13.5 Å². The van der Waals surface area contributed by atoms with E-state index in [1.807, 2.05) is 6.07 Å². The lowest BCUT2D eigenvalue weighted by Gasteiger charge is -2.13. The number of carbonyl (C=O) groups excluding carboxylic acids is 2. The molecule has 0 atom stereocenters. The summed E-state index contributed by atoms with van der Waals surface area (Å²) in [6.45, 7) is 2.07. The molecule has 0 fully saturated rings. The summed E-state index contributed by atoms with van der Waals surface area (Å²) in [5.41, 5.74) is 2.89. The van der Waals surface area contributed by atoms with Crippen LogP contribution in [-0.4, -0.2) is 28.7 Å². The van der Waals surface area contributed by atoms with Crippen LogP contribution in [0, 0.1) is 0 Å². The number of benzene rings is 2. The zero-order chi connectivity index (χ0) is 20.8. The van der Waals surface area contributed by atoms with Gasteiger partial charge in [-0.25, -0.2) is 0 Å². The minimum Gasteiger partial charge on any atom is -0.495 e. The summed E-state index contributed by atoms with van der Waals surface area (Å²) in [4.78, 5) is 25.2. The van der Waals surface area contributed by atoms with Gasteiger partial charge in [0.15, 0.2) is 0 Å². The van der Waals surface area contributed by atoms with Gasteiger partial charge in [0, 0.05) is 18.3 Å². The van der Waals surface area contributed by atoms with Gasteiger partial charge >= 0.3 is 0 Å². The van der Waals surface area contributed by atoms with E-state index >= 15 is 0 Å². The van der Waals surface area contributed by atoms with E-state index in [0.29, 0.717) is 28.4 Å². The monoisotopic (exact) mass is 392 g/mol. The molecule has 0 aliphatic heterocycles.